The summed E-state index contributed by atoms with van der Waals surface area (Å²) in [6, 6.07) is 12.8. The molecule has 1 rings (SSSR count). The van der Waals surface area contributed by atoms with E-state index in [2.05, 4.69) is 0 Å². The SMILES string of the molecule is N#CC(C#N)=C1C(=C(C#N)C#N)C(C(C#N)C#N)=C1C(C#N)C#N. The number of hydrogen-bond acceptors (Lipinski definition) is 8. The lowest BCUT2D eigenvalue weighted by atomic mass is 9.65. The summed E-state index contributed by atoms with van der Waals surface area (Å²) in [6.45, 7) is 0. The second-order valence-electron chi connectivity index (χ2n) is 4.16. The van der Waals surface area contributed by atoms with Crippen LogP contribution in [0, 0.1) is 102 Å². The maximum atomic E-state index is 9.08. The first-order valence-electron chi connectivity index (χ1n) is 6.02. The minimum Gasteiger partial charge on any atom is -0.196 e. The van der Waals surface area contributed by atoms with E-state index in [1.54, 1.807) is 48.6 Å². The van der Waals surface area contributed by atoms with E-state index in [4.69, 9.17) is 42.1 Å². The van der Waals surface area contributed by atoms with Crippen molar-refractivity contribution in [3.63, 3.8) is 0 Å². The van der Waals surface area contributed by atoms with Crippen LogP contribution in [0.15, 0.2) is 33.4 Å². The molecule has 0 bridgehead atoms. The van der Waals surface area contributed by atoms with Crippen LogP contribution in [0.4, 0.5) is 0 Å². The van der Waals surface area contributed by atoms with Crippen LogP contribution >= 0.6 is 0 Å². The molecule has 1 aliphatic rings. The van der Waals surface area contributed by atoms with Crippen LogP contribution in [0.3, 0.4) is 0 Å². The van der Waals surface area contributed by atoms with Crippen molar-refractivity contribution in [1.82, 2.24) is 0 Å². The lowest BCUT2D eigenvalue weighted by Crippen LogP contribution is -2.25. The third-order valence-corrected chi connectivity index (χ3v) is 3.12. The van der Waals surface area contributed by atoms with Crippen LogP contribution in [0.25, 0.3) is 0 Å². The molecule has 8 nitrogen and oxygen atoms in total. The number of nitriles is 8. The fraction of sp³-hybridized carbons (Fsp3) is 0.125. The Balaban J connectivity index is 4.15. The van der Waals surface area contributed by atoms with Gasteiger partial charge < -0.3 is 0 Å². The molecule has 0 fully saturated rings. The van der Waals surface area contributed by atoms with E-state index in [1.807, 2.05) is 0 Å². The first kappa shape index (κ1) is 17.2. The zero-order chi connectivity index (χ0) is 18.3. The second kappa shape index (κ2) is 7.24. The van der Waals surface area contributed by atoms with Crippen molar-refractivity contribution in [2.24, 2.45) is 11.8 Å². The summed E-state index contributed by atoms with van der Waals surface area (Å²) in [4.78, 5) is 0. The molecule has 0 aromatic carbocycles. The zero-order valence-corrected chi connectivity index (χ0v) is 11.7. The number of hydrogen-bond donors (Lipinski definition) is 0. The maximum absolute atomic E-state index is 9.08. The summed E-state index contributed by atoms with van der Waals surface area (Å²) < 4.78 is 0. The van der Waals surface area contributed by atoms with Crippen molar-refractivity contribution in [1.29, 1.82) is 42.1 Å². The van der Waals surface area contributed by atoms with Gasteiger partial charge in [-0.2, -0.15) is 42.1 Å². The van der Waals surface area contributed by atoms with E-state index in [1.165, 1.54) is 0 Å². The van der Waals surface area contributed by atoms with E-state index in [9.17, 15) is 0 Å². The quantitative estimate of drug-likeness (QED) is 0.681. The van der Waals surface area contributed by atoms with Crippen LogP contribution in [-0.2, 0) is 0 Å². The summed E-state index contributed by atoms with van der Waals surface area (Å²) in [7, 11) is 0. The molecule has 0 N–H and O–H groups in total. The normalized spacial score (nSPS) is 11.4. The largest absolute Gasteiger partial charge is 0.196 e. The van der Waals surface area contributed by atoms with Crippen LogP contribution in [0.2, 0.25) is 0 Å². The molecule has 0 saturated heterocycles. The van der Waals surface area contributed by atoms with Gasteiger partial charge in [0.25, 0.3) is 0 Å². The molecule has 0 aromatic heterocycles. The van der Waals surface area contributed by atoms with Gasteiger partial charge >= 0.3 is 0 Å². The lowest BCUT2D eigenvalue weighted by Gasteiger charge is -2.32. The van der Waals surface area contributed by atoms with E-state index < -0.39 is 23.0 Å². The standard InChI is InChI=1S/C16H2N8/c17-1-9(2-18)13-14(10(3-19)4-20)16(12(7-23)8-24)15(13)11(5-21)6-22/h9-10H. The average Bonchev–Trinajstić information content (AvgIpc) is 2.62. The van der Waals surface area contributed by atoms with Gasteiger partial charge in [-0.05, 0) is 11.1 Å². The van der Waals surface area contributed by atoms with Crippen LogP contribution < -0.4 is 0 Å². The molecule has 0 atom stereocenters. The van der Waals surface area contributed by atoms with E-state index in [0.29, 0.717) is 0 Å². The molecular formula is C16H2N8. The Morgan fingerprint density at radius 3 is 0.917 bits per heavy atom. The van der Waals surface area contributed by atoms with Crippen molar-refractivity contribution in [2.45, 2.75) is 0 Å². The minimum absolute atomic E-state index is 0.149. The molecule has 0 heterocycles. The molecule has 0 aromatic rings. The third kappa shape index (κ3) is 2.40. The summed E-state index contributed by atoms with van der Waals surface area (Å²) in [5, 5.41) is 72.5. The number of rotatable bonds is 2. The molecule has 0 unspecified atom stereocenters. The molecule has 0 spiro atoms. The van der Waals surface area contributed by atoms with Gasteiger partial charge in [0.05, 0.1) is 24.3 Å². The van der Waals surface area contributed by atoms with Gasteiger partial charge in [0.1, 0.15) is 35.4 Å². The molecule has 1 aliphatic carbocycles. The van der Waals surface area contributed by atoms with Crippen LogP contribution in [0.5, 0.6) is 0 Å². The summed E-state index contributed by atoms with van der Waals surface area (Å²) >= 11 is 0. The third-order valence-electron chi connectivity index (χ3n) is 3.12. The first-order chi connectivity index (χ1) is 11.6. The Bertz CT molecular complexity index is 897. The van der Waals surface area contributed by atoms with E-state index in [-0.39, 0.29) is 22.3 Å². The van der Waals surface area contributed by atoms with Crippen molar-refractivity contribution in [3.05, 3.63) is 33.4 Å². The molecule has 0 saturated carbocycles. The van der Waals surface area contributed by atoms with Crippen molar-refractivity contribution in [3.8, 4) is 48.6 Å². The number of allylic oxidation sites excluding steroid dienone is 6. The van der Waals surface area contributed by atoms with Gasteiger partial charge in [-0.3, -0.25) is 0 Å². The topological polar surface area (TPSA) is 190 Å². The van der Waals surface area contributed by atoms with Crippen molar-refractivity contribution >= 4 is 0 Å². The highest BCUT2D eigenvalue weighted by Gasteiger charge is 2.43. The van der Waals surface area contributed by atoms with Crippen LogP contribution in [0.1, 0.15) is 0 Å². The van der Waals surface area contributed by atoms with Crippen molar-refractivity contribution < 1.29 is 0 Å². The van der Waals surface area contributed by atoms with Crippen molar-refractivity contribution in [2.75, 3.05) is 0 Å². The average molecular weight is 306 g/mol. The Hall–Kier alpha value is -4.86. The highest BCUT2D eigenvalue weighted by atomic mass is 14.5. The van der Waals surface area contributed by atoms with Crippen LogP contribution in [-0.4, -0.2) is 0 Å². The Morgan fingerprint density at radius 1 is 0.500 bits per heavy atom. The second-order valence-corrected chi connectivity index (χ2v) is 4.16. The van der Waals surface area contributed by atoms with Gasteiger partial charge in [0, 0.05) is 11.1 Å². The zero-order valence-electron chi connectivity index (χ0n) is 11.7. The molecule has 0 aliphatic heterocycles. The monoisotopic (exact) mass is 306 g/mol. The fourth-order valence-electron chi connectivity index (χ4n) is 2.18. The molecule has 0 radical (unpaired) electrons. The highest BCUT2D eigenvalue weighted by Crippen LogP contribution is 2.49. The smallest absolute Gasteiger partial charge is 0.159 e. The molecule has 106 valence electrons. The van der Waals surface area contributed by atoms with E-state index >= 15 is 0 Å². The molecular weight excluding hydrogens is 304 g/mol. The van der Waals surface area contributed by atoms with Gasteiger partial charge in [-0.15, -0.1) is 0 Å². The van der Waals surface area contributed by atoms with Gasteiger partial charge in [0.15, 0.2) is 11.8 Å². The lowest BCUT2D eigenvalue weighted by molar-refractivity contribution is 0.862. The molecule has 0 amide bonds. The predicted molar refractivity (Wildman–Crippen MR) is 73.0 cm³/mol. The molecule has 24 heavy (non-hydrogen) atoms. The number of nitrogens with zero attached hydrogens (tertiary/aromatic N) is 8. The Kier molecular flexibility index (Phi) is 5.18. The first-order valence-corrected chi connectivity index (χ1v) is 6.02. The Morgan fingerprint density at radius 2 is 0.750 bits per heavy atom. The summed E-state index contributed by atoms with van der Waals surface area (Å²) in [6.07, 6.45) is 0. The predicted octanol–water partition coefficient (Wildman–Crippen LogP) is 1.31. The maximum Gasteiger partial charge on any atom is 0.159 e. The van der Waals surface area contributed by atoms with Gasteiger partial charge in [-0.1, -0.05) is 0 Å². The summed E-state index contributed by atoms with van der Waals surface area (Å²) in [5.41, 5.74) is -1.75. The highest BCUT2D eigenvalue weighted by molar-refractivity contribution is 5.81. The molecule has 8 heteroatoms. The van der Waals surface area contributed by atoms with E-state index in [0.717, 1.165) is 0 Å². The van der Waals surface area contributed by atoms with Gasteiger partial charge in [0.2, 0.25) is 0 Å². The van der Waals surface area contributed by atoms with Gasteiger partial charge in [-0.25, -0.2) is 0 Å². The fourth-order valence-corrected chi connectivity index (χ4v) is 2.18. The Labute approximate surface area is 136 Å². The minimum atomic E-state index is -1.46. The summed E-state index contributed by atoms with van der Waals surface area (Å²) in [5.74, 6) is -2.92.